The van der Waals surface area contributed by atoms with Gasteiger partial charge in [-0.3, -0.25) is 4.79 Å². The van der Waals surface area contributed by atoms with Crippen LogP contribution in [0.2, 0.25) is 0 Å². The second kappa shape index (κ2) is 8.72. The Bertz CT molecular complexity index is 814. The van der Waals surface area contributed by atoms with Crippen LogP contribution in [-0.2, 0) is 9.53 Å². The van der Waals surface area contributed by atoms with E-state index in [1.807, 2.05) is 70.2 Å². The second-order valence-corrected chi connectivity index (χ2v) is 7.12. The van der Waals surface area contributed by atoms with Crippen LogP contribution in [0.4, 0.5) is 10.5 Å². The largest absolute Gasteiger partial charge is 0.376 e. The lowest BCUT2D eigenvalue weighted by molar-refractivity contribution is -0.125. The number of urea groups is 1. The third-order valence-corrected chi connectivity index (χ3v) is 3.96. The number of benzene rings is 2. The molecule has 0 aliphatic rings. The first kappa shape index (κ1) is 19.8. The number of fused-ring (bicyclic) bond motifs is 1. The highest BCUT2D eigenvalue weighted by molar-refractivity contribution is 6.11. The number of nitrogens with zero attached hydrogens (tertiary/aromatic N) is 1. The summed E-state index contributed by atoms with van der Waals surface area (Å²) < 4.78 is 5.37. The number of hydrogen-bond acceptors (Lipinski definition) is 3. The summed E-state index contributed by atoms with van der Waals surface area (Å²) in [6.45, 7) is 8.08. The van der Waals surface area contributed by atoms with Crippen molar-refractivity contribution in [2.24, 2.45) is 10.4 Å². The number of amides is 2. The molecule has 0 bridgehead atoms. The molecule has 0 aromatic heterocycles. The maximum Gasteiger partial charge on any atom is 0.345 e. The molecular formula is C21H26N2O3. The molecule has 26 heavy (non-hydrogen) atoms. The number of rotatable bonds is 6. The molecular weight excluding hydrogens is 328 g/mol. The smallest absolute Gasteiger partial charge is 0.345 e. The van der Waals surface area contributed by atoms with E-state index in [-0.39, 0.29) is 18.8 Å². The van der Waals surface area contributed by atoms with Crippen LogP contribution in [0, 0.1) is 5.41 Å². The average Bonchev–Trinajstić information content (AvgIpc) is 2.59. The monoisotopic (exact) mass is 354 g/mol. The Morgan fingerprint density at radius 3 is 2.46 bits per heavy atom. The molecule has 0 saturated heterocycles. The van der Waals surface area contributed by atoms with Crippen molar-refractivity contribution in [2.75, 3.05) is 18.5 Å². The van der Waals surface area contributed by atoms with Gasteiger partial charge in [0.25, 0.3) is 0 Å². The quantitative estimate of drug-likeness (QED) is 0.754. The van der Waals surface area contributed by atoms with Gasteiger partial charge in [-0.1, -0.05) is 57.2 Å². The van der Waals surface area contributed by atoms with Crippen LogP contribution in [0.3, 0.4) is 0 Å². The highest BCUT2D eigenvalue weighted by Gasteiger charge is 2.23. The summed E-state index contributed by atoms with van der Waals surface area (Å²) in [6, 6.07) is 13.0. The number of Topliss-reactive ketones (excluding diaryl/α,β-unsaturated/α-hetero) is 1. The summed E-state index contributed by atoms with van der Waals surface area (Å²) >= 11 is 0. The SMILES string of the molecule is CCOC/C(CC(=O)C(C)(C)C)=N\C(=O)Nc1cccc2ccccc12. The normalized spacial score (nSPS) is 12.2. The van der Waals surface area contributed by atoms with Gasteiger partial charge in [-0.25, -0.2) is 4.79 Å². The number of carbonyl (C=O) groups is 2. The Hall–Kier alpha value is -2.53. The second-order valence-electron chi connectivity index (χ2n) is 7.12. The third kappa shape index (κ3) is 5.49. The Labute approximate surface area is 154 Å². The predicted molar refractivity (Wildman–Crippen MR) is 106 cm³/mol. The Morgan fingerprint density at radius 1 is 1.08 bits per heavy atom. The zero-order chi connectivity index (χ0) is 19.2. The molecule has 5 nitrogen and oxygen atoms in total. The van der Waals surface area contributed by atoms with Crippen LogP contribution >= 0.6 is 0 Å². The van der Waals surface area contributed by atoms with Gasteiger partial charge in [0, 0.05) is 23.8 Å². The summed E-state index contributed by atoms with van der Waals surface area (Å²) in [6.07, 6.45) is 0.104. The van der Waals surface area contributed by atoms with Crippen LogP contribution in [0.1, 0.15) is 34.1 Å². The van der Waals surface area contributed by atoms with E-state index in [0.29, 0.717) is 18.0 Å². The molecule has 1 N–H and O–H groups in total. The molecule has 0 saturated carbocycles. The molecule has 2 rings (SSSR count). The van der Waals surface area contributed by atoms with Gasteiger partial charge < -0.3 is 10.1 Å². The number of aliphatic imine (C=N–C) groups is 1. The van der Waals surface area contributed by atoms with Crippen molar-refractivity contribution in [2.45, 2.75) is 34.1 Å². The van der Waals surface area contributed by atoms with Crippen molar-refractivity contribution < 1.29 is 14.3 Å². The zero-order valence-corrected chi connectivity index (χ0v) is 15.8. The molecule has 0 unspecified atom stereocenters. The van der Waals surface area contributed by atoms with Crippen LogP contribution in [0.5, 0.6) is 0 Å². The van der Waals surface area contributed by atoms with Crippen molar-refractivity contribution in [1.82, 2.24) is 0 Å². The maximum absolute atomic E-state index is 12.4. The van der Waals surface area contributed by atoms with Crippen LogP contribution < -0.4 is 5.32 Å². The summed E-state index contributed by atoms with van der Waals surface area (Å²) in [5, 5.41) is 4.78. The third-order valence-electron chi connectivity index (χ3n) is 3.96. The van der Waals surface area contributed by atoms with Gasteiger partial charge >= 0.3 is 6.03 Å². The molecule has 2 aromatic carbocycles. The fraction of sp³-hybridized carbons (Fsp3) is 0.381. The summed E-state index contributed by atoms with van der Waals surface area (Å²) in [7, 11) is 0. The molecule has 138 valence electrons. The molecule has 2 amide bonds. The van der Waals surface area contributed by atoms with E-state index in [1.165, 1.54) is 0 Å². The Morgan fingerprint density at radius 2 is 1.77 bits per heavy atom. The van der Waals surface area contributed by atoms with E-state index < -0.39 is 11.4 Å². The van der Waals surface area contributed by atoms with E-state index in [0.717, 1.165) is 10.8 Å². The van der Waals surface area contributed by atoms with Crippen molar-refractivity contribution in [3.63, 3.8) is 0 Å². The number of anilines is 1. The standard InChI is InChI=1S/C21H26N2O3/c1-5-26-14-16(13-19(24)21(2,3)4)22-20(25)23-18-12-8-10-15-9-6-7-11-17(15)18/h6-12H,5,13-14H2,1-4H3,(H,23,25)/b22-16-. The van der Waals surface area contributed by atoms with Gasteiger partial charge in [0.2, 0.25) is 0 Å². The molecule has 0 spiro atoms. The molecule has 0 atom stereocenters. The highest BCUT2D eigenvalue weighted by Crippen LogP contribution is 2.23. The number of ketones is 1. The van der Waals surface area contributed by atoms with Crippen LogP contribution in [0.15, 0.2) is 47.5 Å². The number of carbonyl (C=O) groups excluding carboxylic acids is 2. The molecule has 2 aromatic rings. The first-order valence-corrected chi connectivity index (χ1v) is 8.77. The van der Waals surface area contributed by atoms with E-state index in [9.17, 15) is 9.59 Å². The zero-order valence-electron chi connectivity index (χ0n) is 15.8. The lowest BCUT2D eigenvalue weighted by Gasteiger charge is -2.17. The maximum atomic E-state index is 12.4. The lowest BCUT2D eigenvalue weighted by Crippen LogP contribution is -2.26. The topological polar surface area (TPSA) is 67.8 Å². The van der Waals surface area contributed by atoms with Gasteiger partial charge in [-0.15, -0.1) is 0 Å². The molecule has 0 aliphatic carbocycles. The Kier molecular flexibility index (Phi) is 6.64. The van der Waals surface area contributed by atoms with E-state index >= 15 is 0 Å². The minimum atomic E-state index is -0.502. The summed E-state index contributed by atoms with van der Waals surface area (Å²) in [4.78, 5) is 28.8. The first-order valence-electron chi connectivity index (χ1n) is 8.77. The van der Waals surface area contributed by atoms with Crippen LogP contribution in [-0.4, -0.2) is 30.7 Å². The van der Waals surface area contributed by atoms with Gasteiger partial charge in [0.1, 0.15) is 5.78 Å². The number of hydrogen-bond donors (Lipinski definition) is 1. The highest BCUT2D eigenvalue weighted by atomic mass is 16.5. The molecule has 0 radical (unpaired) electrons. The lowest BCUT2D eigenvalue weighted by atomic mass is 9.88. The summed E-state index contributed by atoms with van der Waals surface area (Å²) in [5.41, 5.74) is 0.637. The molecule has 0 aliphatic heterocycles. The van der Waals surface area contributed by atoms with Crippen molar-refractivity contribution in [1.29, 1.82) is 0 Å². The predicted octanol–water partition coefficient (Wildman–Crippen LogP) is 4.85. The van der Waals surface area contributed by atoms with Gasteiger partial charge in [0.15, 0.2) is 0 Å². The van der Waals surface area contributed by atoms with Crippen LogP contribution in [0.25, 0.3) is 10.8 Å². The van der Waals surface area contributed by atoms with Crippen molar-refractivity contribution in [3.05, 3.63) is 42.5 Å². The number of ether oxygens (including phenoxy) is 1. The molecule has 0 heterocycles. The minimum Gasteiger partial charge on any atom is -0.376 e. The van der Waals surface area contributed by atoms with E-state index in [2.05, 4.69) is 10.3 Å². The average molecular weight is 354 g/mol. The van der Waals surface area contributed by atoms with Crippen molar-refractivity contribution in [3.8, 4) is 0 Å². The Balaban J connectivity index is 2.19. The van der Waals surface area contributed by atoms with E-state index in [4.69, 9.17) is 4.74 Å². The fourth-order valence-electron chi connectivity index (χ4n) is 2.41. The fourth-order valence-corrected chi connectivity index (χ4v) is 2.41. The molecule has 0 fully saturated rings. The molecule has 5 heteroatoms. The first-order chi connectivity index (χ1) is 12.3. The van der Waals surface area contributed by atoms with Crippen molar-refractivity contribution >= 4 is 34.0 Å². The number of nitrogens with one attached hydrogen (secondary N) is 1. The van der Waals surface area contributed by atoms with Gasteiger partial charge in [-0.2, -0.15) is 4.99 Å². The van der Waals surface area contributed by atoms with Gasteiger partial charge in [-0.05, 0) is 18.4 Å². The minimum absolute atomic E-state index is 0.0221. The summed E-state index contributed by atoms with van der Waals surface area (Å²) in [5.74, 6) is 0.0221. The van der Waals surface area contributed by atoms with E-state index in [1.54, 1.807) is 0 Å². The van der Waals surface area contributed by atoms with Gasteiger partial charge in [0.05, 0.1) is 18.0 Å².